The van der Waals surface area contributed by atoms with E-state index in [2.05, 4.69) is 40.0 Å². The predicted molar refractivity (Wildman–Crippen MR) is 173 cm³/mol. The monoisotopic (exact) mass is 631 g/mol. The molecule has 3 atom stereocenters. The van der Waals surface area contributed by atoms with Crippen LogP contribution in [0.1, 0.15) is 82.3 Å². The highest BCUT2D eigenvalue weighted by Crippen LogP contribution is 2.55. The molecule has 0 spiro atoms. The van der Waals surface area contributed by atoms with E-state index in [1.165, 1.54) is 36.5 Å². The van der Waals surface area contributed by atoms with Crippen LogP contribution in [0.5, 0.6) is 0 Å². The summed E-state index contributed by atoms with van der Waals surface area (Å²) in [6.07, 6.45) is 11.6. The first-order valence-corrected chi connectivity index (χ1v) is 17.4. The number of carbonyl (C=O) groups excluding carboxylic acids is 5. The summed E-state index contributed by atoms with van der Waals surface area (Å²) in [4.78, 5) is 68.7. The van der Waals surface area contributed by atoms with Gasteiger partial charge in [-0.3, -0.25) is 19.2 Å². The van der Waals surface area contributed by atoms with Gasteiger partial charge in [-0.2, -0.15) is 0 Å². The van der Waals surface area contributed by atoms with Gasteiger partial charge < -0.3 is 26.2 Å². The molecule has 5 fully saturated rings. The smallest absolute Gasteiger partial charge is 0.315 e. The summed E-state index contributed by atoms with van der Waals surface area (Å²) in [6, 6.07) is 5.29. The van der Waals surface area contributed by atoms with Crippen molar-refractivity contribution < 1.29 is 24.0 Å². The maximum absolute atomic E-state index is 14.4. The molecule has 5 aliphatic carbocycles. The largest absolute Gasteiger partial charge is 0.346 e. The first kappa shape index (κ1) is 32.3. The molecule has 7 rings (SSSR count). The Hall–Kier alpha value is -3.69. The summed E-state index contributed by atoms with van der Waals surface area (Å²) < 4.78 is 0. The fraction of sp³-hybridized carbons (Fsp3) is 0.639. The van der Waals surface area contributed by atoms with Gasteiger partial charge in [0, 0.05) is 18.6 Å². The molecule has 4 N–H and O–H groups in total. The molecular weight excluding hydrogens is 582 g/mol. The molecule has 248 valence electrons. The predicted octanol–water partition coefficient (Wildman–Crippen LogP) is 3.19. The first-order valence-electron chi connectivity index (χ1n) is 17.4. The second-order valence-corrected chi connectivity index (χ2v) is 14.6. The number of urea groups is 1. The minimum absolute atomic E-state index is 0.140. The quantitative estimate of drug-likeness (QED) is 0.208. The third-order valence-corrected chi connectivity index (χ3v) is 11.2. The molecule has 1 heterocycles. The van der Waals surface area contributed by atoms with Crippen molar-refractivity contribution in [2.45, 2.75) is 108 Å². The van der Waals surface area contributed by atoms with Crippen LogP contribution in [0, 0.1) is 23.7 Å². The highest BCUT2D eigenvalue weighted by atomic mass is 16.2. The molecule has 1 aromatic carbocycles. The van der Waals surface area contributed by atoms with Crippen molar-refractivity contribution >= 4 is 29.5 Å². The van der Waals surface area contributed by atoms with E-state index in [-0.39, 0.29) is 29.9 Å². The second-order valence-electron chi connectivity index (χ2n) is 14.6. The van der Waals surface area contributed by atoms with Crippen LogP contribution < -0.4 is 21.3 Å². The third kappa shape index (κ3) is 6.72. The topological polar surface area (TPSA) is 137 Å². The number of carbonyl (C=O) groups is 5. The fourth-order valence-electron chi connectivity index (χ4n) is 9.61. The Balaban J connectivity index is 1.17. The zero-order valence-electron chi connectivity index (χ0n) is 27.0. The summed E-state index contributed by atoms with van der Waals surface area (Å²) in [6.45, 7) is 5.97. The van der Waals surface area contributed by atoms with Crippen molar-refractivity contribution in [2.24, 2.45) is 23.7 Å². The van der Waals surface area contributed by atoms with E-state index < -0.39 is 35.7 Å². The number of hydrogen-bond acceptors (Lipinski definition) is 5. The van der Waals surface area contributed by atoms with Crippen LogP contribution in [0.15, 0.2) is 36.9 Å². The number of ketones is 1. The number of amides is 5. The van der Waals surface area contributed by atoms with Gasteiger partial charge in [-0.05, 0) is 105 Å². The minimum atomic E-state index is -0.982. The average molecular weight is 632 g/mol. The Labute approximate surface area is 271 Å². The number of likely N-dealkylation sites (tertiary alicyclic amines) is 1. The van der Waals surface area contributed by atoms with Gasteiger partial charge in [0.1, 0.15) is 12.1 Å². The molecule has 0 aromatic heterocycles. The summed E-state index contributed by atoms with van der Waals surface area (Å²) in [5.41, 5.74) is 2.17. The maximum atomic E-state index is 14.4. The van der Waals surface area contributed by atoms with Gasteiger partial charge in [-0.1, -0.05) is 43.7 Å². The van der Waals surface area contributed by atoms with Gasteiger partial charge >= 0.3 is 6.03 Å². The number of nitrogens with one attached hydrogen (secondary N) is 4. The Kier molecular flexibility index (Phi) is 9.52. The second kappa shape index (κ2) is 13.6. The van der Waals surface area contributed by atoms with E-state index in [4.69, 9.17) is 0 Å². The van der Waals surface area contributed by atoms with E-state index >= 15 is 0 Å². The Morgan fingerprint density at radius 1 is 0.978 bits per heavy atom. The van der Waals surface area contributed by atoms with Gasteiger partial charge in [0.15, 0.2) is 0 Å². The van der Waals surface area contributed by atoms with Crippen molar-refractivity contribution in [2.75, 3.05) is 13.1 Å². The SMILES string of the molecule is C=CCNC(=O)C(=O)C(CCC)NC(=O)[C@@H]1CCCN1C(=O)[C@@H](NC(=O)NC12CC3CC(CC(C3)C1)C2)C1Cc2ccccc2C1. The van der Waals surface area contributed by atoms with Gasteiger partial charge in [-0.25, -0.2) is 4.79 Å². The number of nitrogens with zero attached hydrogens (tertiary/aromatic N) is 1. The molecule has 10 heteroatoms. The first-order chi connectivity index (χ1) is 22.2. The van der Waals surface area contributed by atoms with Gasteiger partial charge in [0.05, 0.1) is 6.04 Å². The lowest BCUT2D eigenvalue weighted by molar-refractivity contribution is -0.143. The lowest BCUT2D eigenvalue weighted by Crippen LogP contribution is -2.64. The van der Waals surface area contributed by atoms with Crippen molar-refractivity contribution in [3.63, 3.8) is 0 Å². The minimum Gasteiger partial charge on any atom is -0.346 e. The number of Topliss-reactive ketones (excluding diaryl/α,β-unsaturated/α-hetero) is 1. The molecule has 4 saturated carbocycles. The van der Waals surface area contributed by atoms with Crippen LogP contribution in [-0.2, 0) is 32.0 Å². The number of benzene rings is 1. The summed E-state index contributed by atoms with van der Waals surface area (Å²) >= 11 is 0. The number of hydrogen-bond donors (Lipinski definition) is 4. The molecule has 6 aliphatic rings. The summed E-state index contributed by atoms with van der Waals surface area (Å²) in [5, 5.41) is 11.8. The summed E-state index contributed by atoms with van der Waals surface area (Å²) in [7, 11) is 0. The van der Waals surface area contributed by atoms with Crippen LogP contribution >= 0.6 is 0 Å². The molecule has 1 saturated heterocycles. The van der Waals surface area contributed by atoms with Gasteiger partial charge in [-0.15, -0.1) is 6.58 Å². The van der Waals surface area contributed by atoms with Gasteiger partial charge in [0.2, 0.25) is 17.6 Å². The van der Waals surface area contributed by atoms with E-state index in [9.17, 15) is 24.0 Å². The zero-order chi connectivity index (χ0) is 32.4. The van der Waals surface area contributed by atoms with Crippen molar-refractivity contribution in [1.29, 1.82) is 0 Å². The molecule has 46 heavy (non-hydrogen) atoms. The molecule has 5 amide bonds. The Bertz CT molecular complexity index is 1320. The van der Waals surface area contributed by atoms with E-state index in [0.29, 0.717) is 62.8 Å². The molecule has 4 bridgehead atoms. The molecule has 0 radical (unpaired) electrons. The Morgan fingerprint density at radius 3 is 2.20 bits per heavy atom. The molecule has 1 aromatic rings. The van der Waals surface area contributed by atoms with Crippen LogP contribution in [-0.4, -0.2) is 71.2 Å². The molecule has 1 unspecified atom stereocenters. The van der Waals surface area contributed by atoms with Crippen LogP contribution in [0.25, 0.3) is 0 Å². The molecule has 10 nitrogen and oxygen atoms in total. The highest BCUT2D eigenvalue weighted by molar-refractivity contribution is 6.38. The summed E-state index contributed by atoms with van der Waals surface area (Å²) in [5.74, 6) is -0.306. The van der Waals surface area contributed by atoms with E-state index in [1.54, 1.807) is 4.90 Å². The van der Waals surface area contributed by atoms with Crippen LogP contribution in [0.3, 0.4) is 0 Å². The maximum Gasteiger partial charge on any atom is 0.315 e. The average Bonchev–Trinajstić information content (AvgIpc) is 3.68. The van der Waals surface area contributed by atoms with Crippen molar-refractivity contribution in [1.82, 2.24) is 26.2 Å². The molecule has 1 aliphatic heterocycles. The van der Waals surface area contributed by atoms with Crippen molar-refractivity contribution in [3.8, 4) is 0 Å². The lowest BCUT2D eigenvalue weighted by Gasteiger charge is -2.56. The van der Waals surface area contributed by atoms with E-state index in [0.717, 1.165) is 19.3 Å². The van der Waals surface area contributed by atoms with Crippen LogP contribution in [0.4, 0.5) is 4.79 Å². The fourth-order valence-corrected chi connectivity index (χ4v) is 9.61. The van der Waals surface area contributed by atoms with Gasteiger partial charge in [0.25, 0.3) is 5.91 Å². The normalized spacial score (nSPS) is 29.0. The standard InChI is InChI=1S/C36H49N5O5/c1-3-8-28(31(42)33(44)37-12-4-2)38-32(43)29-11-7-13-41(29)34(45)30(27-17-25-9-5-6-10-26(25)18-27)39-35(46)40-36-19-22-14-23(20-36)16-24(15-22)21-36/h4-6,9-10,22-24,27-30H,2-3,7-8,11-21H2,1H3,(H,37,44)(H,38,43)(H2,39,40,46)/t22?,23?,24?,28?,29-,30-,36?/m0/s1. The number of fused-ring (bicyclic) bond motifs is 1. The highest BCUT2D eigenvalue weighted by Gasteiger charge is 2.52. The number of rotatable bonds is 12. The molecular formula is C36H49N5O5. The lowest BCUT2D eigenvalue weighted by atomic mass is 9.53. The Morgan fingerprint density at radius 2 is 1.61 bits per heavy atom. The van der Waals surface area contributed by atoms with Crippen LogP contribution in [0.2, 0.25) is 0 Å². The zero-order valence-corrected chi connectivity index (χ0v) is 27.0. The third-order valence-electron chi connectivity index (χ3n) is 11.2. The van der Waals surface area contributed by atoms with E-state index in [1.807, 2.05) is 19.1 Å². The van der Waals surface area contributed by atoms with Crippen molar-refractivity contribution in [3.05, 3.63) is 48.0 Å².